The SMILES string of the molecule is O=C1CCC[C@H](n2cc(Cl)cn2)C1. The number of carbonyl (C=O) groups is 1. The van der Waals surface area contributed by atoms with E-state index in [9.17, 15) is 4.79 Å². The maximum atomic E-state index is 11.2. The molecular weight excluding hydrogens is 188 g/mol. The molecule has 1 aromatic rings. The summed E-state index contributed by atoms with van der Waals surface area (Å²) in [6.45, 7) is 0. The molecule has 0 aromatic carbocycles. The van der Waals surface area contributed by atoms with Gasteiger partial charge in [0, 0.05) is 19.0 Å². The molecule has 1 aliphatic carbocycles. The number of hydrogen-bond acceptors (Lipinski definition) is 2. The average molecular weight is 199 g/mol. The van der Waals surface area contributed by atoms with Crippen LogP contribution in [0.1, 0.15) is 31.7 Å². The van der Waals surface area contributed by atoms with Crippen molar-refractivity contribution in [1.82, 2.24) is 9.78 Å². The Morgan fingerprint density at radius 3 is 3.08 bits per heavy atom. The molecule has 2 rings (SSSR count). The van der Waals surface area contributed by atoms with Crippen LogP contribution < -0.4 is 0 Å². The quantitative estimate of drug-likeness (QED) is 0.694. The molecule has 4 heteroatoms. The first-order valence-electron chi connectivity index (χ1n) is 4.47. The maximum absolute atomic E-state index is 11.2. The Morgan fingerprint density at radius 1 is 1.62 bits per heavy atom. The van der Waals surface area contributed by atoms with E-state index >= 15 is 0 Å². The zero-order chi connectivity index (χ0) is 9.26. The van der Waals surface area contributed by atoms with Crippen LogP contribution in [0.15, 0.2) is 12.4 Å². The molecular formula is C9H11ClN2O. The second-order valence-corrected chi connectivity index (χ2v) is 3.86. The largest absolute Gasteiger partial charge is 0.300 e. The van der Waals surface area contributed by atoms with Gasteiger partial charge in [-0.3, -0.25) is 9.48 Å². The van der Waals surface area contributed by atoms with Crippen LogP contribution in [0.5, 0.6) is 0 Å². The molecule has 0 aliphatic heterocycles. The van der Waals surface area contributed by atoms with Gasteiger partial charge in [-0.05, 0) is 12.8 Å². The minimum Gasteiger partial charge on any atom is -0.300 e. The van der Waals surface area contributed by atoms with Crippen molar-refractivity contribution in [2.24, 2.45) is 0 Å². The number of rotatable bonds is 1. The van der Waals surface area contributed by atoms with E-state index in [1.165, 1.54) is 0 Å². The lowest BCUT2D eigenvalue weighted by atomic mass is 9.94. The molecule has 0 bridgehead atoms. The third kappa shape index (κ3) is 1.91. The monoisotopic (exact) mass is 198 g/mol. The summed E-state index contributed by atoms with van der Waals surface area (Å²) in [6, 6.07) is 0.230. The normalized spacial score (nSPS) is 23.5. The smallest absolute Gasteiger partial charge is 0.135 e. The lowest BCUT2D eigenvalue weighted by Gasteiger charge is -2.20. The van der Waals surface area contributed by atoms with Crippen molar-refractivity contribution in [2.45, 2.75) is 31.7 Å². The number of halogens is 1. The maximum Gasteiger partial charge on any atom is 0.135 e. The number of nitrogens with zero attached hydrogens (tertiary/aromatic N) is 2. The molecule has 0 unspecified atom stereocenters. The molecule has 1 heterocycles. The van der Waals surface area contributed by atoms with Crippen LogP contribution in [0.25, 0.3) is 0 Å². The predicted octanol–water partition coefficient (Wildman–Crippen LogP) is 2.22. The van der Waals surface area contributed by atoms with E-state index in [-0.39, 0.29) is 6.04 Å². The van der Waals surface area contributed by atoms with Gasteiger partial charge in [0.2, 0.25) is 0 Å². The predicted molar refractivity (Wildman–Crippen MR) is 49.7 cm³/mol. The van der Waals surface area contributed by atoms with Crippen molar-refractivity contribution >= 4 is 17.4 Å². The summed E-state index contributed by atoms with van der Waals surface area (Å²) in [5.74, 6) is 0.336. The zero-order valence-electron chi connectivity index (χ0n) is 7.24. The molecule has 70 valence electrons. The molecule has 1 atom stereocenters. The Kier molecular flexibility index (Phi) is 2.36. The van der Waals surface area contributed by atoms with Crippen LogP contribution in [0.2, 0.25) is 5.02 Å². The van der Waals surface area contributed by atoms with E-state index in [4.69, 9.17) is 11.6 Å². The lowest BCUT2D eigenvalue weighted by Crippen LogP contribution is -2.19. The fraction of sp³-hybridized carbons (Fsp3) is 0.556. The highest BCUT2D eigenvalue weighted by molar-refractivity contribution is 6.30. The first-order chi connectivity index (χ1) is 6.25. The summed E-state index contributed by atoms with van der Waals surface area (Å²) < 4.78 is 1.80. The van der Waals surface area contributed by atoms with Gasteiger partial charge in [-0.1, -0.05) is 11.6 Å². The van der Waals surface area contributed by atoms with Crippen molar-refractivity contribution in [1.29, 1.82) is 0 Å². The number of aromatic nitrogens is 2. The number of hydrogen-bond donors (Lipinski definition) is 0. The molecule has 0 N–H and O–H groups in total. The van der Waals surface area contributed by atoms with Crippen LogP contribution >= 0.6 is 11.6 Å². The topological polar surface area (TPSA) is 34.9 Å². The fourth-order valence-electron chi connectivity index (χ4n) is 1.74. The molecule has 3 nitrogen and oxygen atoms in total. The van der Waals surface area contributed by atoms with Crippen molar-refractivity contribution < 1.29 is 4.79 Å². The van der Waals surface area contributed by atoms with Crippen LogP contribution in [-0.2, 0) is 4.79 Å². The van der Waals surface area contributed by atoms with Crippen molar-refractivity contribution in [3.05, 3.63) is 17.4 Å². The molecule has 1 fully saturated rings. The zero-order valence-corrected chi connectivity index (χ0v) is 8.00. The Hall–Kier alpha value is -0.830. The molecule has 1 aromatic heterocycles. The van der Waals surface area contributed by atoms with E-state index in [1.807, 2.05) is 0 Å². The Labute approximate surface area is 81.7 Å². The average Bonchev–Trinajstić information content (AvgIpc) is 2.52. The second kappa shape index (κ2) is 3.50. The lowest BCUT2D eigenvalue weighted by molar-refractivity contribution is -0.121. The molecule has 0 amide bonds. The van der Waals surface area contributed by atoms with Crippen LogP contribution in [0.4, 0.5) is 0 Å². The van der Waals surface area contributed by atoms with E-state index in [0.29, 0.717) is 17.2 Å². The third-order valence-electron chi connectivity index (χ3n) is 2.40. The van der Waals surface area contributed by atoms with Gasteiger partial charge in [-0.25, -0.2) is 0 Å². The van der Waals surface area contributed by atoms with Gasteiger partial charge in [0.25, 0.3) is 0 Å². The van der Waals surface area contributed by atoms with Gasteiger partial charge in [-0.15, -0.1) is 0 Å². The Morgan fingerprint density at radius 2 is 2.46 bits per heavy atom. The van der Waals surface area contributed by atoms with Crippen molar-refractivity contribution in [2.75, 3.05) is 0 Å². The minimum absolute atomic E-state index is 0.230. The van der Waals surface area contributed by atoms with Gasteiger partial charge in [-0.2, -0.15) is 5.10 Å². The highest BCUT2D eigenvalue weighted by Gasteiger charge is 2.21. The van der Waals surface area contributed by atoms with E-state index < -0.39 is 0 Å². The first kappa shape index (κ1) is 8.75. The molecule has 1 saturated carbocycles. The third-order valence-corrected chi connectivity index (χ3v) is 2.60. The summed E-state index contributed by atoms with van der Waals surface area (Å²) >= 11 is 5.75. The van der Waals surface area contributed by atoms with Crippen LogP contribution in [0.3, 0.4) is 0 Å². The van der Waals surface area contributed by atoms with Gasteiger partial charge in [0.05, 0.1) is 17.3 Å². The number of ketones is 1. The molecule has 13 heavy (non-hydrogen) atoms. The highest BCUT2D eigenvalue weighted by atomic mass is 35.5. The van der Waals surface area contributed by atoms with E-state index in [1.54, 1.807) is 17.1 Å². The highest BCUT2D eigenvalue weighted by Crippen LogP contribution is 2.25. The first-order valence-corrected chi connectivity index (χ1v) is 4.85. The fourth-order valence-corrected chi connectivity index (χ4v) is 1.89. The molecule has 0 radical (unpaired) electrons. The van der Waals surface area contributed by atoms with Gasteiger partial charge in [0.1, 0.15) is 5.78 Å². The summed E-state index contributed by atoms with van der Waals surface area (Å²) in [7, 11) is 0. The van der Waals surface area contributed by atoms with Gasteiger partial charge >= 0.3 is 0 Å². The molecule has 1 aliphatic rings. The van der Waals surface area contributed by atoms with E-state index in [0.717, 1.165) is 19.3 Å². The van der Waals surface area contributed by atoms with Crippen molar-refractivity contribution in [3.8, 4) is 0 Å². The number of carbonyl (C=O) groups excluding carboxylic acids is 1. The van der Waals surface area contributed by atoms with Crippen molar-refractivity contribution in [3.63, 3.8) is 0 Å². The standard InChI is InChI=1S/C9H11ClN2O/c10-7-5-11-12(6-7)8-2-1-3-9(13)4-8/h5-6,8H,1-4H2/t8-/m0/s1. The van der Waals surface area contributed by atoms with Crippen LogP contribution in [-0.4, -0.2) is 15.6 Å². The minimum atomic E-state index is 0.230. The summed E-state index contributed by atoms with van der Waals surface area (Å²) in [5.41, 5.74) is 0. The molecule has 0 spiro atoms. The molecule has 0 saturated heterocycles. The summed E-state index contributed by atoms with van der Waals surface area (Å²) in [4.78, 5) is 11.2. The summed E-state index contributed by atoms with van der Waals surface area (Å²) in [5, 5.41) is 4.74. The second-order valence-electron chi connectivity index (χ2n) is 3.43. The van der Waals surface area contributed by atoms with Gasteiger partial charge in [0.15, 0.2) is 0 Å². The Balaban J connectivity index is 2.12. The van der Waals surface area contributed by atoms with Gasteiger partial charge < -0.3 is 0 Å². The van der Waals surface area contributed by atoms with E-state index in [2.05, 4.69) is 5.10 Å². The van der Waals surface area contributed by atoms with Crippen LogP contribution in [0, 0.1) is 0 Å². The number of Topliss-reactive ketones (excluding diaryl/α,β-unsaturated/α-hetero) is 1. The Bertz CT molecular complexity index is 321. The summed E-state index contributed by atoms with van der Waals surface area (Å²) in [6.07, 6.45) is 6.74.